The van der Waals surface area contributed by atoms with Crippen molar-refractivity contribution in [3.8, 4) is 0 Å². The average Bonchev–Trinajstić information content (AvgIpc) is 3.63. The van der Waals surface area contributed by atoms with Crippen molar-refractivity contribution in [2.75, 3.05) is 14.1 Å². The lowest BCUT2D eigenvalue weighted by Crippen LogP contribution is -2.44. The van der Waals surface area contributed by atoms with Crippen LogP contribution in [0.2, 0.25) is 0 Å². The smallest absolute Gasteiger partial charge is 0.410 e. The predicted octanol–water partition coefficient (Wildman–Crippen LogP) is 7.86. The molecule has 51 heavy (non-hydrogen) atoms. The van der Waals surface area contributed by atoms with E-state index < -0.39 is 35.5 Å². The number of carbonyl (C=O) groups excluding carboxylic acids is 4. The lowest BCUT2D eigenvalue weighted by Gasteiger charge is -2.34. The van der Waals surface area contributed by atoms with Gasteiger partial charge in [0.15, 0.2) is 12.2 Å². The number of amides is 2. The third-order valence-corrected chi connectivity index (χ3v) is 9.38. The molecule has 290 valence electrons. The van der Waals surface area contributed by atoms with Gasteiger partial charge in [0.2, 0.25) is 0 Å². The van der Waals surface area contributed by atoms with Gasteiger partial charge in [0.25, 0.3) is 0 Å². The summed E-state index contributed by atoms with van der Waals surface area (Å²) in [6.07, 6.45) is -1.01. The van der Waals surface area contributed by atoms with E-state index in [0.717, 1.165) is 10.7 Å². The molecule has 0 saturated carbocycles. The number of ether oxygens (including phenoxy) is 4. The number of thiazole rings is 2. The van der Waals surface area contributed by atoms with E-state index in [0.29, 0.717) is 23.5 Å². The maximum Gasteiger partial charge on any atom is 0.410 e. The molecule has 0 aromatic carbocycles. The number of hydrogen-bond acceptors (Lipinski definition) is 13. The number of carbonyl (C=O) groups is 4. The normalized spacial score (nSPS) is 14.1. The molecule has 2 unspecified atom stereocenters. The van der Waals surface area contributed by atoms with Gasteiger partial charge < -0.3 is 33.9 Å². The summed E-state index contributed by atoms with van der Waals surface area (Å²) in [5.41, 5.74) is 0.268. The van der Waals surface area contributed by atoms with Gasteiger partial charge in [-0.05, 0) is 60.3 Å². The van der Waals surface area contributed by atoms with Crippen LogP contribution in [-0.4, -0.2) is 86.4 Å². The molecule has 0 fully saturated rings. The summed E-state index contributed by atoms with van der Waals surface area (Å²) in [6, 6.07) is -0.362. The number of rotatable bonds is 13. The van der Waals surface area contributed by atoms with Crippen LogP contribution in [0.15, 0.2) is 10.8 Å². The van der Waals surface area contributed by atoms with Crippen molar-refractivity contribution in [2.24, 2.45) is 11.8 Å². The fourth-order valence-corrected chi connectivity index (χ4v) is 6.68. The molecule has 0 aliphatic heterocycles. The Balaban J connectivity index is 0.000000510. The molecule has 13 nitrogen and oxygen atoms in total. The van der Waals surface area contributed by atoms with E-state index in [1.54, 1.807) is 29.3 Å². The first-order chi connectivity index (χ1) is 23.3. The molecule has 0 aliphatic carbocycles. The predicted molar refractivity (Wildman–Crippen MR) is 198 cm³/mol. The van der Waals surface area contributed by atoms with Crippen molar-refractivity contribution in [1.82, 2.24) is 19.8 Å². The van der Waals surface area contributed by atoms with Gasteiger partial charge in [-0.25, -0.2) is 19.6 Å². The van der Waals surface area contributed by atoms with E-state index in [4.69, 9.17) is 18.9 Å². The highest BCUT2D eigenvalue weighted by molar-refractivity contribution is 7.10. The van der Waals surface area contributed by atoms with E-state index in [1.165, 1.54) is 36.5 Å². The monoisotopic (exact) mass is 756 g/mol. The van der Waals surface area contributed by atoms with Gasteiger partial charge in [0.1, 0.15) is 21.2 Å². The highest BCUT2D eigenvalue weighted by Gasteiger charge is 2.34. The third-order valence-electron chi connectivity index (χ3n) is 7.34. The largest absolute Gasteiger partial charge is 0.455 e. The summed E-state index contributed by atoms with van der Waals surface area (Å²) < 4.78 is 21.9. The Kier molecular flexibility index (Phi) is 18.0. The van der Waals surface area contributed by atoms with Crippen molar-refractivity contribution in [3.05, 3.63) is 32.2 Å². The van der Waals surface area contributed by atoms with Crippen LogP contribution in [0.3, 0.4) is 0 Å². The van der Waals surface area contributed by atoms with Crippen LogP contribution in [-0.2, 0) is 35.1 Å². The first-order valence-corrected chi connectivity index (χ1v) is 18.8. The Morgan fingerprint density at radius 1 is 0.725 bits per heavy atom. The molecule has 2 aromatic rings. The Morgan fingerprint density at radius 3 is 1.37 bits per heavy atom. The second-order valence-electron chi connectivity index (χ2n) is 15.1. The molecule has 0 bridgehead atoms. The number of aliphatic hydroxyl groups excluding tert-OH is 1. The maximum atomic E-state index is 12.4. The molecular formula is C36H60N4O9S2. The summed E-state index contributed by atoms with van der Waals surface area (Å²) in [5, 5.41) is 14.2. The van der Waals surface area contributed by atoms with E-state index in [2.05, 4.69) is 9.97 Å². The molecule has 2 heterocycles. The summed E-state index contributed by atoms with van der Waals surface area (Å²) in [6.45, 7) is 23.5. The van der Waals surface area contributed by atoms with Gasteiger partial charge in [-0.15, -0.1) is 22.7 Å². The fraction of sp³-hybridized carbons (Fsp3) is 0.722. The average molecular weight is 757 g/mol. The van der Waals surface area contributed by atoms with Crippen LogP contribution in [0.1, 0.15) is 130 Å². The molecule has 2 rings (SSSR count). The highest BCUT2D eigenvalue weighted by Crippen LogP contribution is 2.32. The van der Waals surface area contributed by atoms with Gasteiger partial charge in [-0.1, -0.05) is 27.7 Å². The molecule has 0 saturated heterocycles. The number of aryl methyl sites for hydroxylation is 1. The summed E-state index contributed by atoms with van der Waals surface area (Å²) in [7, 11) is 3.40. The summed E-state index contributed by atoms with van der Waals surface area (Å²) in [4.78, 5) is 59.8. The van der Waals surface area contributed by atoms with Gasteiger partial charge >= 0.3 is 24.1 Å². The number of esters is 2. The van der Waals surface area contributed by atoms with Gasteiger partial charge in [0, 0.05) is 69.3 Å². The Hall–Kier alpha value is -3.30. The van der Waals surface area contributed by atoms with Crippen molar-refractivity contribution in [3.63, 3.8) is 0 Å². The van der Waals surface area contributed by atoms with Crippen LogP contribution in [0.25, 0.3) is 0 Å². The van der Waals surface area contributed by atoms with Crippen LogP contribution >= 0.6 is 22.7 Å². The summed E-state index contributed by atoms with van der Waals surface area (Å²) in [5.74, 6) is -0.502. The minimum Gasteiger partial charge on any atom is -0.455 e. The second kappa shape index (κ2) is 20.1. The molecule has 0 spiro atoms. The minimum absolute atomic E-state index is 0.114. The molecule has 15 heteroatoms. The molecule has 4 atom stereocenters. The quantitative estimate of drug-likeness (QED) is 0.157. The SMILES string of the molecule is CC(=O)O[C@@H](CC(C(C)C)N(C)C(=O)OC(C)(C)C)c1nc(C)cs1.CC(=O)O[C@H](CC(C(C)C)N(C)C(=O)OC(C)(C)C)c1nc(CO)cs1. The van der Waals surface area contributed by atoms with Crippen molar-refractivity contribution < 1.29 is 43.2 Å². The van der Waals surface area contributed by atoms with Gasteiger partial charge in [0.05, 0.1) is 12.3 Å². The standard InChI is InChI=1S/C18H30N2O5S.C18H30N2O4S/c1-11(2)14(20(7)17(23)25-18(4,5)6)8-15(24-12(3)22)16-19-13(9-21)10-26-16;1-11(2)14(20(8)17(22)24-18(5,6)7)9-15(23-13(4)21)16-19-12(3)10-25-16/h10-11,14-15,21H,8-9H2,1-7H3;10-11,14-15H,9H2,1-8H3/t2*14?,15-/m10/s1. The summed E-state index contributed by atoms with van der Waals surface area (Å²) >= 11 is 2.79. The molecule has 2 aromatic heterocycles. The van der Waals surface area contributed by atoms with Crippen LogP contribution < -0.4 is 0 Å². The molecule has 0 aliphatic rings. The Bertz CT molecular complexity index is 1410. The van der Waals surface area contributed by atoms with Crippen LogP contribution in [0.4, 0.5) is 9.59 Å². The number of aliphatic hydroxyl groups is 1. The maximum absolute atomic E-state index is 12.4. The number of nitrogens with zero attached hydrogens (tertiary/aromatic N) is 4. The first-order valence-electron chi connectivity index (χ1n) is 17.1. The van der Waals surface area contributed by atoms with Crippen molar-refractivity contribution in [2.45, 2.75) is 145 Å². The number of aromatic nitrogens is 2. The van der Waals surface area contributed by atoms with E-state index in [-0.39, 0.29) is 42.6 Å². The highest BCUT2D eigenvalue weighted by atomic mass is 32.1. The van der Waals surface area contributed by atoms with Crippen LogP contribution in [0.5, 0.6) is 0 Å². The lowest BCUT2D eigenvalue weighted by atomic mass is 9.96. The molecule has 0 radical (unpaired) electrons. The van der Waals surface area contributed by atoms with Crippen LogP contribution in [0, 0.1) is 18.8 Å². The second-order valence-corrected chi connectivity index (χ2v) is 16.9. The van der Waals surface area contributed by atoms with E-state index in [1.807, 2.05) is 81.5 Å². The molecule has 2 amide bonds. The van der Waals surface area contributed by atoms with Crippen molar-refractivity contribution in [1.29, 1.82) is 0 Å². The Labute approximate surface area is 312 Å². The fourth-order valence-electron chi connectivity index (χ4n) is 4.99. The lowest BCUT2D eigenvalue weighted by molar-refractivity contribution is -0.148. The zero-order valence-corrected chi connectivity index (χ0v) is 34.7. The van der Waals surface area contributed by atoms with Gasteiger partial charge in [-0.3, -0.25) is 9.59 Å². The van der Waals surface area contributed by atoms with Gasteiger partial charge in [-0.2, -0.15) is 0 Å². The van der Waals surface area contributed by atoms with Crippen molar-refractivity contribution >= 4 is 46.8 Å². The van der Waals surface area contributed by atoms with E-state index >= 15 is 0 Å². The zero-order valence-electron chi connectivity index (χ0n) is 33.1. The zero-order chi connectivity index (χ0) is 39.4. The molecular weight excluding hydrogens is 697 g/mol. The minimum atomic E-state index is -0.590. The number of hydrogen-bond donors (Lipinski definition) is 1. The first kappa shape index (κ1) is 45.7. The topological polar surface area (TPSA) is 158 Å². The Morgan fingerprint density at radius 2 is 1.10 bits per heavy atom. The van der Waals surface area contributed by atoms with E-state index in [9.17, 15) is 24.3 Å². The molecule has 1 N–H and O–H groups in total. The third kappa shape index (κ3) is 16.7.